The lowest BCUT2D eigenvalue weighted by Gasteiger charge is -2.05. The van der Waals surface area contributed by atoms with Crippen LogP contribution >= 0.6 is 11.3 Å². The summed E-state index contributed by atoms with van der Waals surface area (Å²) >= 11 is 1.46. The first-order valence-electron chi connectivity index (χ1n) is 6.85. The number of thiophene rings is 1. The molecule has 0 unspecified atom stereocenters. The van der Waals surface area contributed by atoms with Crippen LogP contribution in [0.2, 0.25) is 0 Å². The molecule has 0 aliphatic heterocycles. The van der Waals surface area contributed by atoms with Crippen LogP contribution in [0, 0.1) is 13.8 Å². The topological polar surface area (TPSA) is 43.4 Å². The van der Waals surface area contributed by atoms with Gasteiger partial charge in [-0.15, -0.1) is 11.3 Å². The second-order valence-corrected chi connectivity index (χ2v) is 6.27. The largest absolute Gasteiger partial charge is 0.461 e. The van der Waals surface area contributed by atoms with E-state index in [2.05, 4.69) is 0 Å². The quantitative estimate of drug-likeness (QED) is 0.596. The smallest absolute Gasteiger partial charge is 0.306 e. The maximum Gasteiger partial charge on any atom is 0.306 e. The molecule has 0 saturated heterocycles. The Morgan fingerprint density at radius 3 is 2.33 bits per heavy atom. The summed E-state index contributed by atoms with van der Waals surface area (Å²) in [7, 11) is 0. The van der Waals surface area contributed by atoms with Gasteiger partial charge in [-0.1, -0.05) is 29.8 Å². The fraction of sp³-hybridized carbons (Fsp3) is 0.294. The third kappa shape index (κ3) is 4.83. The molecule has 21 heavy (non-hydrogen) atoms. The Morgan fingerprint density at radius 1 is 1.00 bits per heavy atom. The highest BCUT2D eigenvalue weighted by Gasteiger charge is 2.11. The van der Waals surface area contributed by atoms with Gasteiger partial charge in [0.2, 0.25) is 0 Å². The second kappa shape index (κ2) is 7.18. The van der Waals surface area contributed by atoms with Gasteiger partial charge in [0, 0.05) is 11.3 Å². The molecule has 0 N–H and O–H groups in total. The predicted octanol–water partition coefficient (Wildman–Crippen LogP) is 4.07. The molecule has 0 aliphatic rings. The Labute approximate surface area is 128 Å². The van der Waals surface area contributed by atoms with Crippen LogP contribution in [-0.4, -0.2) is 11.8 Å². The lowest BCUT2D eigenvalue weighted by molar-refractivity contribution is -0.144. The molecule has 0 radical (unpaired) electrons. The van der Waals surface area contributed by atoms with Crippen molar-refractivity contribution in [3.63, 3.8) is 0 Å². The van der Waals surface area contributed by atoms with Crippen LogP contribution in [0.5, 0.6) is 0 Å². The Morgan fingerprint density at radius 2 is 1.71 bits per heavy atom. The van der Waals surface area contributed by atoms with Gasteiger partial charge >= 0.3 is 5.97 Å². The highest BCUT2D eigenvalue weighted by atomic mass is 32.1. The van der Waals surface area contributed by atoms with Crippen LogP contribution in [0.15, 0.2) is 36.4 Å². The van der Waals surface area contributed by atoms with Crippen LogP contribution < -0.4 is 0 Å². The fourth-order valence-electron chi connectivity index (χ4n) is 1.84. The van der Waals surface area contributed by atoms with Crippen molar-refractivity contribution in [2.24, 2.45) is 0 Å². The molecule has 0 spiro atoms. The van der Waals surface area contributed by atoms with Crippen molar-refractivity contribution < 1.29 is 14.3 Å². The van der Waals surface area contributed by atoms with Crippen LogP contribution in [0.25, 0.3) is 0 Å². The first-order chi connectivity index (χ1) is 10.0. The van der Waals surface area contributed by atoms with E-state index in [4.69, 9.17) is 4.74 Å². The number of aryl methyl sites for hydroxylation is 2. The second-order valence-electron chi connectivity index (χ2n) is 4.98. The number of hydrogen-bond acceptors (Lipinski definition) is 4. The third-order valence-corrected chi connectivity index (χ3v) is 4.13. The van der Waals surface area contributed by atoms with Crippen molar-refractivity contribution in [3.8, 4) is 0 Å². The number of Topliss-reactive ketones (excluding diaryl/α,β-unsaturated/α-hetero) is 1. The molecule has 3 nitrogen and oxygen atoms in total. The maximum atomic E-state index is 11.9. The minimum absolute atomic E-state index is 0.000357. The van der Waals surface area contributed by atoms with Crippen LogP contribution in [0.4, 0.5) is 0 Å². The van der Waals surface area contributed by atoms with Crippen molar-refractivity contribution in [2.45, 2.75) is 33.3 Å². The Bertz CT molecular complexity index is 626. The molecular formula is C17H18O3S. The molecule has 1 aromatic carbocycles. The van der Waals surface area contributed by atoms with Gasteiger partial charge in [-0.05, 0) is 31.5 Å². The average Bonchev–Trinajstić information content (AvgIpc) is 2.91. The summed E-state index contributed by atoms with van der Waals surface area (Å²) < 4.78 is 5.17. The van der Waals surface area contributed by atoms with E-state index < -0.39 is 0 Å². The number of rotatable bonds is 6. The van der Waals surface area contributed by atoms with Crippen LogP contribution in [0.1, 0.15) is 38.5 Å². The van der Waals surface area contributed by atoms with Gasteiger partial charge in [0.1, 0.15) is 6.61 Å². The zero-order chi connectivity index (χ0) is 15.2. The molecular weight excluding hydrogens is 284 g/mol. The lowest BCUT2D eigenvalue weighted by Crippen LogP contribution is -2.07. The minimum Gasteiger partial charge on any atom is -0.461 e. The minimum atomic E-state index is -0.336. The Balaban J connectivity index is 1.74. The number of carbonyl (C=O) groups excluding carboxylic acids is 2. The fourth-order valence-corrected chi connectivity index (χ4v) is 2.68. The van der Waals surface area contributed by atoms with E-state index in [1.54, 1.807) is 6.07 Å². The van der Waals surface area contributed by atoms with Gasteiger partial charge in [0.15, 0.2) is 5.78 Å². The van der Waals surface area contributed by atoms with Gasteiger partial charge in [-0.3, -0.25) is 9.59 Å². The van der Waals surface area contributed by atoms with Crippen LogP contribution in [-0.2, 0) is 16.1 Å². The van der Waals surface area contributed by atoms with Gasteiger partial charge in [-0.2, -0.15) is 0 Å². The monoisotopic (exact) mass is 302 g/mol. The maximum absolute atomic E-state index is 11.9. The summed E-state index contributed by atoms with van der Waals surface area (Å²) in [6.07, 6.45) is 0.328. The number of carbonyl (C=O) groups is 2. The third-order valence-electron chi connectivity index (χ3n) is 3.09. The first kappa shape index (κ1) is 15.4. The van der Waals surface area contributed by atoms with E-state index in [9.17, 15) is 9.59 Å². The molecule has 0 aliphatic carbocycles. The SMILES string of the molecule is Cc1ccc(COC(=O)CCC(=O)c2ccc(C)s2)cc1. The summed E-state index contributed by atoms with van der Waals surface area (Å²) in [5.74, 6) is -0.336. The molecule has 1 aromatic heterocycles. The number of ketones is 1. The Hall–Kier alpha value is -1.94. The van der Waals surface area contributed by atoms with E-state index in [1.807, 2.05) is 44.2 Å². The zero-order valence-electron chi connectivity index (χ0n) is 12.2. The Kier molecular flexibility index (Phi) is 5.28. The molecule has 0 atom stereocenters. The zero-order valence-corrected chi connectivity index (χ0v) is 13.0. The van der Waals surface area contributed by atoms with E-state index in [-0.39, 0.29) is 31.2 Å². The van der Waals surface area contributed by atoms with Crippen molar-refractivity contribution in [2.75, 3.05) is 0 Å². The lowest BCUT2D eigenvalue weighted by atomic mass is 10.2. The van der Waals surface area contributed by atoms with Gasteiger partial charge < -0.3 is 4.74 Å². The van der Waals surface area contributed by atoms with Crippen molar-refractivity contribution in [1.82, 2.24) is 0 Å². The predicted molar refractivity (Wildman–Crippen MR) is 83.6 cm³/mol. The molecule has 110 valence electrons. The highest BCUT2D eigenvalue weighted by Crippen LogP contribution is 2.17. The van der Waals surface area contributed by atoms with E-state index in [0.717, 1.165) is 10.4 Å². The summed E-state index contributed by atoms with van der Waals surface area (Å²) in [4.78, 5) is 25.3. The van der Waals surface area contributed by atoms with Gasteiger partial charge in [0.25, 0.3) is 0 Å². The normalized spacial score (nSPS) is 10.4. The molecule has 0 saturated carbocycles. The van der Waals surface area contributed by atoms with Crippen LogP contribution in [0.3, 0.4) is 0 Å². The number of ether oxygens (including phenoxy) is 1. The van der Waals surface area contributed by atoms with E-state index in [1.165, 1.54) is 16.9 Å². The highest BCUT2D eigenvalue weighted by molar-refractivity contribution is 7.14. The van der Waals surface area contributed by atoms with Crippen molar-refractivity contribution >= 4 is 23.1 Å². The van der Waals surface area contributed by atoms with Crippen molar-refractivity contribution in [3.05, 3.63) is 57.3 Å². The van der Waals surface area contributed by atoms with E-state index in [0.29, 0.717) is 4.88 Å². The molecule has 2 rings (SSSR count). The summed E-state index contributed by atoms with van der Waals surface area (Å²) in [5, 5.41) is 0. The average molecular weight is 302 g/mol. The molecule has 4 heteroatoms. The van der Waals surface area contributed by atoms with Gasteiger partial charge in [-0.25, -0.2) is 0 Å². The summed E-state index contributed by atoms with van der Waals surface area (Å²) in [5.41, 5.74) is 2.12. The molecule has 0 amide bonds. The molecule has 1 heterocycles. The standard InChI is InChI=1S/C17H18O3S/c1-12-3-6-14(7-4-12)11-20-17(19)10-8-15(18)16-9-5-13(2)21-16/h3-7,9H,8,10-11H2,1-2H3. The van der Waals surface area contributed by atoms with Crippen molar-refractivity contribution in [1.29, 1.82) is 0 Å². The first-order valence-corrected chi connectivity index (χ1v) is 7.67. The molecule has 0 bridgehead atoms. The number of esters is 1. The number of hydrogen-bond donors (Lipinski definition) is 0. The summed E-state index contributed by atoms with van der Waals surface area (Å²) in [6, 6.07) is 11.5. The molecule has 0 fully saturated rings. The summed E-state index contributed by atoms with van der Waals surface area (Å²) in [6.45, 7) is 4.22. The van der Waals surface area contributed by atoms with Gasteiger partial charge in [0.05, 0.1) is 11.3 Å². The molecule has 2 aromatic rings. The van der Waals surface area contributed by atoms with E-state index >= 15 is 0 Å². The number of benzene rings is 1.